The molecule has 0 saturated carbocycles. The van der Waals surface area contributed by atoms with Crippen molar-refractivity contribution in [2.45, 2.75) is 0 Å². The Bertz CT molecular complexity index is 579. The third-order valence-corrected chi connectivity index (χ3v) is 2.36. The lowest BCUT2D eigenvalue weighted by Gasteiger charge is -2.06. The number of hydrogen-bond acceptors (Lipinski definition) is 2. The number of aromatic carboxylic acids is 1. The second-order valence-corrected chi connectivity index (χ2v) is 3.55. The molecule has 0 atom stereocenters. The van der Waals surface area contributed by atoms with Crippen LogP contribution in [0.2, 0.25) is 0 Å². The molecule has 2 rings (SSSR count). The van der Waals surface area contributed by atoms with Gasteiger partial charge in [0.25, 0.3) is 0 Å². The number of rotatable bonds is 2. The minimum atomic E-state index is -1.21. The second kappa shape index (κ2) is 4.25. The summed E-state index contributed by atoms with van der Waals surface area (Å²) in [5.41, 5.74) is 0.582. The Morgan fingerprint density at radius 1 is 1.12 bits per heavy atom. The van der Waals surface area contributed by atoms with Gasteiger partial charge < -0.3 is 10.2 Å². The van der Waals surface area contributed by atoms with E-state index in [0.717, 1.165) is 6.07 Å². The van der Waals surface area contributed by atoms with Crippen LogP contribution in [0.3, 0.4) is 0 Å². The van der Waals surface area contributed by atoms with Crippen molar-refractivity contribution in [2.24, 2.45) is 0 Å². The number of carbonyl (C=O) groups is 1. The van der Waals surface area contributed by atoms with Crippen LogP contribution in [-0.2, 0) is 0 Å². The molecular formula is C13H9FO3. The average Bonchev–Trinajstić information content (AvgIpc) is 2.28. The van der Waals surface area contributed by atoms with Crippen LogP contribution in [0.5, 0.6) is 5.75 Å². The highest BCUT2D eigenvalue weighted by Crippen LogP contribution is 2.29. The second-order valence-electron chi connectivity index (χ2n) is 3.55. The topological polar surface area (TPSA) is 57.5 Å². The molecule has 0 radical (unpaired) electrons. The standard InChI is InChI=1S/C13H9FO3/c14-10-6-8(5-9(7-10)13(16)17)11-3-1-2-4-12(11)15/h1-7,15H,(H,16,17). The number of phenols is 1. The molecular weight excluding hydrogens is 223 g/mol. The van der Waals surface area contributed by atoms with E-state index >= 15 is 0 Å². The van der Waals surface area contributed by atoms with Gasteiger partial charge in [0.1, 0.15) is 11.6 Å². The number of hydrogen-bond donors (Lipinski definition) is 2. The Hall–Kier alpha value is -2.36. The van der Waals surface area contributed by atoms with Gasteiger partial charge in [-0.2, -0.15) is 0 Å². The predicted molar refractivity (Wildman–Crippen MR) is 60.5 cm³/mol. The molecule has 17 heavy (non-hydrogen) atoms. The largest absolute Gasteiger partial charge is 0.507 e. The number of carboxylic acids is 1. The Balaban J connectivity index is 2.60. The van der Waals surface area contributed by atoms with Crippen LogP contribution in [-0.4, -0.2) is 16.2 Å². The summed E-state index contributed by atoms with van der Waals surface area (Å²) < 4.78 is 13.3. The van der Waals surface area contributed by atoms with E-state index in [1.807, 2.05) is 0 Å². The number of aromatic hydroxyl groups is 1. The number of para-hydroxylation sites is 1. The zero-order valence-corrected chi connectivity index (χ0v) is 8.72. The van der Waals surface area contributed by atoms with Crippen molar-refractivity contribution < 1.29 is 19.4 Å². The molecule has 0 aliphatic carbocycles. The first-order chi connectivity index (χ1) is 8.08. The Morgan fingerprint density at radius 2 is 1.82 bits per heavy atom. The number of carboxylic acid groups (broad SMARTS) is 1. The van der Waals surface area contributed by atoms with Crippen molar-refractivity contribution in [1.82, 2.24) is 0 Å². The Morgan fingerprint density at radius 3 is 2.47 bits per heavy atom. The van der Waals surface area contributed by atoms with Gasteiger partial charge >= 0.3 is 5.97 Å². The zero-order valence-electron chi connectivity index (χ0n) is 8.72. The summed E-state index contributed by atoms with van der Waals surface area (Å²) in [5, 5.41) is 18.4. The van der Waals surface area contributed by atoms with Gasteiger partial charge in [-0.25, -0.2) is 9.18 Å². The molecule has 0 bridgehead atoms. The smallest absolute Gasteiger partial charge is 0.335 e. The van der Waals surface area contributed by atoms with E-state index in [-0.39, 0.29) is 11.3 Å². The first-order valence-corrected chi connectivity index (χ1v) is 4.90. The van der Waals surface area contributed by atoms with Crippen molar-refractivity contribution in [3.63, 3.8) is 0 Å². The van der Waals surface area contributed by atoms with Gasteiger partial charge in [0.15, 0.2) is 0 Å². The number of halogens is 1. The van der Waals surface area contributed by atoms with Crippen LogP contribution in [0, 0.1) is 5.82 Å². The molecule has 0 aliphatic heterocycles. The highest BCUT2D eigenvalue weighted by atomic mass is 19.1. The van der Waals surface area contributed by atoms with Gasteiger partial charge in [0.05, 0.1) is 5.56 Å². The maximum absolute atomic E-state index is 13.3. The van der Waals surface area contributed by atoms with Crippen molar-refractivity contribution in [3.05, 3.63) is 53.8 Å². The van der Waals surface area contributed by atoms with Crippen molar-refractivity contribution in [2.75, 3.05) is 0 Å². The third kappa shape index (κ3) is 2.25. The van der Waals surface area contributed by atoms with Crippen LogP contribution in [0.4, 0.5) is 4.39 Å². The van der Waals surface area contributed by atoms with Gasteiger partial charge in [-0.1, -0.05) is 18.2 Å². The minimum Gasteiger partial charge on any atom is -0.507 e. The summed E-state index contributed by atoms with van der Waals surface area (Å²) in [6.45, 7) is 0. The quantitative estimate of drug-likeness (QED) is 0.836. The summed E-state index contributed by atoms with van der Waals surface area (Å²) in [5.74, 6) is -1.88. The van der Waals surface area contributed by atoms with E-state index in [2.05, 4.69) is 0 Å². The average molecular weight is 232 g/mol. The van der Waals surface area contributed by atoms with Crippen molar-refractivity contribution in [1.29, 1.82) is 0 Å². The summed E-state index contributed by atoms with van der Waals surface area (Å²) >= 11 is 0. The van der Waals surface area contributed by atoms with E-state index in [1.165, 1.54) is 18.2 Å². The zero-order chi connectivity index (χ0) is 12.4. The fourth-order valence-corrected chi connectivity index (χ4v) is 1.59. The minimum absolute atomic E-state index is 0.0190. The van der Waals surface area contributed by atoms with Crippen LogP contribution < -0.4 is 0 Å². The molecule has 0 saturated heterocycles. The SMILES string of the molecule is O=C(O)c1cc(F)cc(-c2ccccc2O)c1. The number of phenolic OH excluding ortho intramolecular Hbond substituents is 1. The van der Waals surface area contributed by atoms with E-state index < -0.39 is 11.8 Å². The van der Waals surface area contributed by atoms with Crippen LogP contribution >= 0.6 is 0 Å². The van der Waals surface area contributed by atoms with Crippen molar-refractivity contribution in [3.8, 4) is 16.9 Å². The summed E-state index contributed by atoms with van der Waals surface area (Å²) in [4.78, 5) is 10.8. The summed E-state index contributed by atoms with van der Waals surface area (Å²) in [7, 11) is 0. The van der Waals surface area contributed by atoms with Crippen molar-refractivity contribution >= 4 is 5.97 Å². The fourth-order valence-electron chi connectivity index (χ4n) is 1.59. The molecule has 0 unspecified atom stereocenters. The molecule has 0 fully saturated rings. The monoisotopic (exact) mass is 232 g/mol. The van der Waals surface area contributed by atoms with Crippen LogP contribution in [0.1, 0.15) is 10.4 Å². The molecule has 86 valence electrons. The highest BCUT2D eigenvalue weighted by molar-refractivity contribution is 5.89. The van der Waals surface area contributed by atoms with E-state index in [9.17, 15) is 14.3 Å². The van der Waals surface area contributed by atoms with Crippen LogP contribution in [0.25, 0.3) is 11.1 Å². The van der Waals surface area contributed by atoms with Gasteiger partial charge in [0, 0.05) is 5.56 Å². The van der Waals surface area contributed by atoms with E-state index in [0.29, 0.717) is 11.1 Å². The van der Waals surface area contributed by atoms with Gasteiger partial charge in [-0.05, 0) is 29.8 Å². The normalized spacial score (nSPS) is 10.2. The Labute approximate surface area is 96.8 Å². The molecule has 2 N–H and O–H groups in total. The van der Waals surface area contributed by atoms with Gasteiger partial charge in [-0.15, -0.1) is 0 Å². The first kappa shape index (κ1) is 11.1. The summed E-state index contributed by atoms with van der Waals surface area (Å²) in [6, 6.07) is 9.81. The molecule has 2 aromatic rings. The van der Waals surface area contributed by atoms with E-state index in [4.69, 9.17) is 5.11 Å². The first-order valence-electron chi connectivity index (χ1n) is 4.90. The predicted octanol–water partition coefficient (Wildman–Crippen LogP) is 2.90. The van der Waals surface area contributed by atoms with E-state index in [1.54, 1.807) is 18.2 Å². The lowest BCUT2D eigenvalue weighted by Crippen LogP contribution is -1.97. The molecule has 3 nitrogen and oxygen atoms in total. The lowest BCUT2D eigenvalue weighted by molar-refractivity contribution is 0.0696. The molecule has 0 heterocycles. The number of benzene rings is 2. The third-order valence-electron chi connectivity index (χ3n) is 2.36. The molecule has 0 amide bonds. The lowest BCUT2D eigenvalue weighted by atomic mass is 10.0. The Kier molecular flexibility index (Phi) is 2.78. The maximum atomic E-state index is 13.3. The highest BCUT2D eigenvalue weighted by Gasteiger charge is 2.10. The summed E-state index contributed by atoms with van der Waals surface area (Å²) in [6.07, 6.45) is 0. The maximum Gasteiger partial charge on any atom is 0.335 e. The van der Waals surface area contributed by atoms with Gasteiger partial charge in [0.2, 0.25) is 0 Å². The fraction of sp³-hybridized carbons (Fsp3) is 0. The molecule has 0 aromatic heterocycles. The van der Waals surface area contributed by atoms with Gasteiger partial charge in [-0.3, -0.25) is 0 Å². The molecule has 4 heteroatoms. The molecule has 0 spiro atoms. The molecule has 0 aliphatic rings. The molecule has 2 aromatic carbocycles. The van der Waals surface area contributed by atoms with Crippen LogP contribution in [0.15, 0.2) is 42.5 Å².